The maximum Gasteiger partial charge on any atom is 0.280 e. The molecule has 0 atom stereocenters. The van der Waals surface area contributed by atoms with E-state index >= 15 is 0 Å². The number of H-pyrrole nitrogens is 1. The van der Waals surface area contributed by atoms with Crippen molar-refractivity contribution in [2.75, 3.05) is 13.7 Å². The van der Waals surface area contributed by atoms with Gasteiger partial charge >= 0.3 is 0 Å². The summed E-state index contributed by atoms with van der Waals surface area (Å²) in [5.41, 5.74) is 3.91. The first-order valence-electron chi connectivity index (χ1n) is 10.8. The largest absolute Gasteiger partial charge is 0.497 e. The summed E-state index contributed by atoms with van der Waals surface area (Å²) in [6.07, 6.45) is 0.725. The molecule has 0 amide bonds. The highest BCUT2D eigenvalue weighted by Gasteiger charge is 2.19. The molecule has 0 bridgehead atoms. The number of aliphatic imine (C=N–C) groups is 1. The van der Waals surface area contributed by atoms with Crippen LogP contribution in [0.2, 0.25) is 0 Å². The Labute approximate surface area is 196 Å². The van der Waals surface area contributed by atoms with Crippen molar-refractivity contribution in [3.63, 3.8) is 0 Å². The van der Waals surface area contributed by atoms with E-state index in [4.69, 9.17) is 4.74 Å². The summed E-state index contributed by atoms with van der Waals surface area (Å²) in [5, 5.41) is 14.2. The summed E-state index contributed by atoms with van der Waals surface area (Å²) in [6.45, 7) is 2.35. The van der Waals surface area contributed by atoms with E-state index in [1.807, 2.05) is 61.5 Å². The lowest BCUT2D eigenvalue weighted by atomic mass is 10.1. The SMILES string of the molecule is COc1ccc(CCN=C(C)c2c(-c3ccccc3)[nH]n(-c3ccc([N+](=O)[O-])cc3)c2=O)cc1. The molecule has 0 aliphatic carbocycles. The lowest BCUT2D eigenvalue weighted by molar-refractivity contribution is -0.384. The van der Waals surface area contributed by atoms with E-state index in [-0.39, 0.29) is 11.2 Å². The van der Waals surface area contributed by atoms with Crippen molar-refractivity contribution < 1.29 is 9.66 Å². The lowest BCUT2D eigenvalue weighted by Gasteiger charge is -2.04. The molecule has 4 aromatic rings. The number of hydrogen-bond donors (Lipinski definition) is 1. The van der Waals surface area contributed by atoms with Gasteiger partial charge in [-0.1, -0.05) is 42.5 Å². The third-order valence-electron chi connectivity index (χ3n) is 5.54. The molecule has 8 nitrogen and oxygen atoms in total. The van der Waals surface area contributed by atoms with Gasteiger partial charge in [0.15, 0.2) is 0 Å². The molecule has 0 saturated heterocycles. The second kappa shape index (κ2) is 9.99. The summed E-state index contributed by atoms with van der Waals surface area (Å²) < 4.78 is 6.59. The van der Waals surface area contributed by atoms with Crippen molar-refractivity contribution in [3.8, 4) is 22.7 Å². The van der Waals surface area contributed by atoms with E-state index < -0.39 is 4.92 Å². The Morgan fingerprint density at radius 3 is 2.32 bits per heavy atom. The molecule has 1 aromatic heterocycles. The third-order valence-corrected chi connectivity index (χ3v) is 5.54. The van der Waals surface area contributed by atoms with E-state index in [9.17, 15) is 14.9 Å². The summed E-state index contributed by atoms with van der Waals surface area (Å²) in [4.78, 5) is 28.6. The smallest absolute Gasteiger partial charge is 0.280 e. The highest BCUT2D eigenvalue weighted by Crippen LogP contribution is 2.22. The standard InChI is InChI=1S/C26H24N4O4/c1-18(27-17-16-19-8-14-23(34-2)15-9-19)24-25(20-6-4-3-5-7-20)28-29(26(24)31)21-10-12-22(13-11-21)30(32)33/h3-15,28H,16-17H2,1-2H3. The number of hydrogen-bond acceptors (Lipinski definition) is 5. The van der Waals surface area contributed by atoms with Crippen LogP contribution in [0.3, 0.4) is 0 Å². The molecule has 1 heterocycles. The fraction of sp³-hybridized carbons (Fsp3) is 0.154. The van der Waals surface area contributed by atoms with Crippen LogP contribution in [0.4, 0.5) is 5.69 Å². The van der Waals surface area contributed by atoms with E-state index in [2.05, 4.69) is 10.1 Å². The van der Waals surface area contributed by atoms with Crippen LogP contribution in [0.5, 0.6) is 5.75 Å². The molecular formula is C26H24N4O4. The van der Waals surface area contributed by atoms with Crippen molar-refractivity contribution in [1.82, 2.24) is 9.78 Å². The van der Waals surface area contributed by atoms with Crippen LogP contribution in [-0.2, 0) is 6.42 Å². The number of nitrogens with one attached hydrogen (secondary N) is 1. The molecule has 1 N–H and O–H groups in total. The second-order valence-electron chi connectivity index (χ2n) is 7.71. The van der Waals surface area contributed by atoms with Crippen LogP contribution in [0.15, 0.2) is 88.6 Å². The number of ether oxygens (including phenoxy) is 1. The zero-order valence-corrected chi connectivity index (χ0v) is 18.9. The minimum Gasteiger partial charge on any atom is -0.497 e. The average Bonchev–Trinajstić information content (AvgIpc) is 3.22. The Morgan fingerprint density at radius 2 is 1.71 bits per heavy atom. The van der Waals surface area contributed by atoms with Crippen molar-refractivity contribution in [2.24, 2.45) is 4.99 Å². The maximum atomic E-state index is 13.4. The first kappa shape index (κ1) is 22.7. The maximum absolute atomic E-state index is 13.4. The summed E-state index contributed by atoms with van der Waals surface area (Å²) in [6, 6.07) is 23.2. The quantitative estimate of drug-likeness (QED) is 0.234. The van der Waals surface area contributed by atoms with Gasteiger partial charge in [-0.25, -0.2) is 4.68 Å². The number of nitro groups is 1. The topological polar surface area (TPSA) is 103 Å². The minimum atomic E-state index is -0.471. The van der Waals surface area contributed by atoms with Gasteiger partial charge in [0.1, 0.15) is 5.75 Å². The van der Waals surface area contributed by atoms with Crippen LogP contribution in [0, 0.1) is 10.1 Å². The lowest BCUT2D eigenvalue weighted by Crippen LogP contribution is -2.20. The van der Waals surface area contributed by atoms with Gasteiger partial charge in [-0.2, -0.15) is 0 Å². The Hall–Kier alpha value is -4.46. The van der Waals surface area contributed by atoms with Crippen LogP contribution >= 0.6 is 0 Å². The van der Waals surface area contributed by atoms with Gasteiger partial charge in [-0.15, -0.1) is 0 Å². The van der Waals surface area contributed by atoms with E-state index in [1.165, 1.54) is 16.8 Å². The molecular weight excluding hydrogens is 432 g/mol. The normalized spacial score (nSPS) is 11.4. The molecule has 0 spiro atoms. The van der Waals surface area contributed by atoms with Crippen molar-refractivity contribution in [3.05, 3.63) is 110 Å². The van der Waals surface area contributed by atoms with Gasteiger partial charge < -0.3 is 4.74 Å². The second-order valence-corrected chi connectivity index (χ2v) is 7.71. The predicted molar refractivity (Wildman–Crippen MR) is 132 cm³/mol. The number of aromatic amines is 1. The first-order valence-corrected chi connectivity index (χ1v) is 10.8. The molecule has 0 aliphatic heterocycles. The number of nitro benzene ring substituents is 1. The summed E-state index contributed by atoms with van der Waals surface area (Å²) in [7, 11) is 1.63. The summed E-state index contributed by atoms with van der Waals surface area (Å²) >= 11 is 0. The van der Waals surface area contributed by atoms with Gasteiger partial charge in [0.25, 0.3) is 11.2 Å². The van der Waals surface area contributed by atoms with Crippen LogP contribution < -0.4 is 10.3 Å². The van der Waals surface area contributed by atoms with Crippen molar-refractivity contribution in [2.45, 2.75) is 13.3 Å². The van der Waals surface area contributed by atoms with Gasteiger partial charge in [0, 0.05) is 30.0 Å². The number of rotatable bonds is 8. The third kappa shape index (κ3) is 4.80. The molecule has 0 fully saturated rings. The van der Waals surface area contributed by atoms with Crippen LogP contribution in [-0.4, -0.2) is 34.1 Å². The Morgan fingerprint density at radius 1 is 1.03 bits per heavy atom. The number of nitrogens with zero attached hydrogens (tertiary/aromatic N) is 3. The van der Waals surface area contributed by atoms with Crippen molar-refractivity contribution in [1.29, 1.82) is 0 Å². The highest BCUT2D eigenvalue weighted by molar-refractivity contribution is 6.03. The molecule has 172 valence electrons. The van der Waals surface area contributed by atoms with E-state index in [0.29, 0.717) is 29.2 Å². The molecule has 0 unspecified atom stereocenters. The molecule has 3 aromatic carbocycles. The van der Waals surface area contributed by atoms with Gasteiger partial charge in [0.05, 0.1) is 29.0 Å². The highest BCUT2D eigenvalue weighted by atomic mass is 16.6. The van der Waals surface area contributed by atoms with Crippen LogP contribution in [0.25, 0.3) is 16.9 Å². The van der Waals surface area contributed by atoms with Gasteiger partial charge in [-0.3, -0.25) is 25.0 Å². The number of benzene rings is 3. The fourth-order valence-corrected chi connectivity index (χ4v) is 3.72. The van der Waals surface area contributed by atoms with Gasteiger partial charge in [-0.05, 0) is 43.2 Å². The van der Waals surface area contributed by atoms with E-state index in [1.54, 1.807) is 19.2 Å². The predicted octanol–water partition coefficient (Wildman–Crippen LogP) is 4.80. The van der Waals surface area contributed by atoms with E-state index in [0.717, 1.165) is 23.3 Å². The number of aromatic nitrogens is 2. The molecule has 8 heteroatoms. The molecule has 34 heavy (non-hydrogen) atoms. The minimum absolute atomic E-state index is 0.0388. The monoisotopic (exact) mass is 456 g/mol. The molecule has 4 rings (SSSR count). The molecule has 0 aliphatic rings. The Balaban J connectivity index is 1.68. The average molecular weight is 457 g/mol. The Bertz CT molecular complexity index is 1370. The zero-order chi connectivity index (χ0) is 24.1. The van der Waals surface area contributed by atoms with Crippen molar-refractivity contribution >= 4 is 11.4 Å². The zero-order valence-electron chi connectivity index (χ0n) is 18.9. The van der Waals surface area contributed by atoms with Gasteiger partial charge in [0.2, 0.25) is 0 Å². The number of methoxy groups -OCH3 is 1. The molecule has 0 saturated carbocycles. The summed E-state index contributed by atoms with van der Waals surface area (Å²) in [5.74, 6) is 0.801. The van der Waals surface area contributed by atoms with Crippen LogP contribution in [0.1, 0.15) is 18.1 Å². The Kier molecular flexibility index (Phi) is 6.68. The molecule has 0 radical (unpaired) electrons. The first-order chi connectivity index (χ1) is 16.5. The number of non-ortho nitro benzene ring substituents is 1. The fourth-order valence-electron chi connectivity index (χ4n) is 3.72.